The van der Waals surface area contributed by atoms with Gasteiger partial charge in [-0.1, -0.05) is 0 Å². The molecule has 0 saturated carbocycles. The standard InChI is InChI=1S/C18H19F2N3O4S/c1-10(2)27-13-7-6-11(9-14(13)26-3)15(24)22-23-16(25)12-5-4-8-21-17(12)28-18(19)20/h4-10,18H,1-3H3,(H,22,24)(H,23,25). The van der Waals surface area contributed by atoms with Crippen LogP contribution in [0, 0.1) is 0 Å². The summed E-state index contributed by atoms with van der Waals surface area (Å²) in [5.41, 5.74) is 4.55. The average Bonchev–Trinajstić information content (AvgIpc) is 2.65. The van der Waals surface area contributed by atoms with Crippen molar-refractivity contribution in [2.45, 2.75) is 30.7 Å². The van der Waals surface area contributed by atoms with Crippen LogP contribution in [0.25, 0.3) is 0 Å². The molecule has 2 rings (SSSR count). The average molecular weight is 411 g/mol. The van der Waals surface area contributed by atoms with E-state index in [0.29, 0.717) is 11.5 Å². The number of hydrogen-bond donors (Lipinski definition) is 2. The number of carbonyl (C=O) groups is 2. The summed E-state index contributed by atoms with van der Waals surface area (Å²) in [6.45, 7) is 3.71. The SMILES string of the molecule is COc1cc(C(=O)NNC(=O)c2cccnc2SC(F)F)ccc1OC(C)C. The van der Waals surface area contributed by atoms with Gasteiger partial charge in [0.05, 0.1) is 18.8 Å². The molecular formula is C18H19F2N3O4S. The first-order valence-electron chi connectivity index (χ1n) is 8.17. The van der Waals surface area contributed by atoms with E-state index in [1.165, 1.54) is 37.6 Å². The minimum atomic E-state index is -2.73. The zero-order valence-corrected chi connectivity index (χ0v) is 16.2. The monoisotopic (exact) mass is 411 g/mol. The van der Waals surface area contributed by atoms with E-state index in [9.17, 15) is 18.4 Å². The van der Waals surface area contributed by atoms with Gasteiger partial charge in [0.15, 0.2) is 11.5 Å². The third-order valence-electron chi connectivity index (χ3n) is 3.29. The van der Waals surface area contributed by atoms with Crippen LogP contribution in [0.3, 0.4) is 0 Å². The molecule has 0 radical (unpaired) electrons. The Morgan fingerprint density at radius 3 is 2.46 bits per heavy atom. The third-order valence-corrected chi connectivity index (χ3v) is 4.02. The van der Waals surface area contributed by atoms with E-state index in [1.807, 2.05) is 13.8 Å². The Morgan fingerprint density at radius 1 is 1.11 bits per heavy atom. The van der Waals surface area contributed by atoms with Gasteiger partial charge in [-0.3, -0.25) is 20.4 Å². The Balaban J connectivity index is 2.07. The fourth-order valence-electron chi connectivity index (χ4n) is 2.16. The van der Waals surface area contributed by atoms with E-state index >= 15 is 0 Å². The minimum Gasteiger partial charge on any atom is -0.493 e. The van der Waals surface area contributed by atoms with Gasteiger partial charge in [0.25, 0.3) is 17.6 Å². The number of methoxy groups -OCH3 is 1. The molecule has 1 aromatic heterocycles. The number of pyridine rings is 1. The second kappa shape index (κ2) is 9.88. The molecule has 0 unspecified atom stereocenters. The largest absolute Gasteiger partial charge is 0.493 e. The van der Waals surface area contributed by atoms with E-state index in [1.54, 1.807) is 6.07 Å². The molecule has 2 N–H and O–H groups in total. The van der Waals surface area contributed by atoms with E-state index < -0.39 is 17.6 Å². The molecule has 7 nitrogen and oxygen atoms in total. The van der Waals surface area contributed by atoms with Crippen LogP contribution in [0.2, 0.25) is 0 Å². The number of ether oxygens (including phenoxy) is 2. The number of hydrazine groups is 1. The zero-order chi connectivity index (χ0) is 20.7. The number of halogens is 2. The Bertz CT molecular complexity index is 849. The van der Waals surface area contributed by atoms with E-state index in [2.05, 4.69) is 15.8 Å². The lowest BCUT2D eigenvalue weighted by Crippen LogP contribution is -2.41. The summed E-state index contributed by atoms with van der Waals surface area (Å²) in [7, 11) is 1.44. The van der Waals surface area contributed by atoms with Crippen LogP contribution in [-0.4, -0.2) is 35.8 Å². The number of benzene rings is 1. The van der Waals surface area contributed by atoms with Crippen LogP contribution in [0.5, 0.6) is 11.5 Å². The van der Waals surface area contributed by atoms with E-state index in [-0.39, 0.29) is 34.0 Å². The molecule has 150 valence electrons. The number of thioether (sulfide) groups is 1. The normalized spacial score (nSPS) is 10.7. The van der Waals surface area contributed by atoms with Crippen molar-refractivity contribution in [1.29, 1.82) is 0 Å². The van der Waals surface area contributed by atoms with Crippen molar-refractivity contribution in [3.63, 3.8) is 0 Å². The number of aromatic nitrogens is 1. The highest BCUT2D eigenvalue weighted by Gasteiger charge is 2.18. The van der Waals surface area contributed by atoms with Gasteiger partial charge in [-0.2, -0.15) is 8.78 Å². The van der Waals surface area contributed by atoms with Crippen LogP contribution in [0.4, 0.5) is 8.78 Å². The lowest BCUT2D eigenvalue weighted by atomic mass is 10.2. The molecule has 0 spiro atoms. The summed E-state index contributed by atoms with van der Waals surface area (Å²) in [6.07, 6.45) is 1.22. The third kappa shape index (κ3) is 5.81. The van der Waals surface area contributed by atoms with Gasteiger partial charge in [-0.25, -0.2) is 4.98 Å². The maximum absolute atomic E-state index is 12.6. The molecule has 28 heavy (non-hydrogen) atoms. The van der Waals surface area contributed by atoms with Gasteiger partial charge in [-0.15, -0.1) is 0 Å². The number of amides is 2. The van der Waals surface area contributed by atoms with Crippen molar-refractivity contribution >= 4 is 23.6 Å². The summed E-state index contributed by atoms with van der Waals surface area (Å²) >= 11 is 0.147. The van der Waals surface area contributed by atoms with E-state index in [0.717, 1.165) is 0 Å². The van der Waals surface area contributed by atoms with Gasteiger partial charge < -0.3 is 9.47 Å². The van der Waals surface area contributed by atoms with Crippen molar-refractivity contribution in [3.05, 3.63) is 47.7 Å². The van der Waals surface area contributed by atoms with Crippen LogP contribution in [0.1, 0.15) is 34.6 Å². The number of hydrogen-bond acceptors (Lipinski definition) is 6. The Morgan fingerprint density at radius 2 is 1.82 bits per heavy atom. The van der Waals surface area contributed by atoms with Crippen molar-refractivity contribution in [3.8, 4) is 11.5 Å². The van der Waals surface area contributed by atoms with Crippen molar-refractivity contribution < 1.29 is 27.8 Å². The summed E-state index contributed by atoms with van der Waals surface area (Å²) in [4.78, 5) is 28.3. The first-order valence-corrected chi connectivity index (χ1v) is 9.05. The molecule has 2 amide bonds. The summed E-state index contributed by atoms with van der Waals surface area (Å²) in [5, 5.41) is -0.138. The fraction of sp³-hybridized carbons (Fsp3) is 0.278. The number of rotatable bonds is 7. The molecule has 10 heteroatoms. The van der Waals surface area contributed by atoms with Crippen LogP contribution < -0.4 is 20.3 Å². The quantitative estimate of drug-likeness (QED) is 0.537. The Kier molecular flexibility index (Phi) is 7.56. The molecule has 1 heterocycles. The lowest BCUT2D eigenvalue weighted by Gasteiger charge is -2.14. The molecule has 0 aliphatic heterocycles. The van der Waals surface area contributed by atoms with Gasteiger partial charge in [0, 0.05) is 11.8 Å². The second-order valence-electron chi connectivity index (χ2n) is 5.68. The highest BCUT2D eigenvalue weighted by atomic mass is 32.2. The number of nitrogens with zero attached hydrogens (tertiary/aromatic N) is 1. The maximum atomic E-state index is 12.6. The van der Waals surface area contributed by atoms with Crippen LogP contribution >= 0.6 is 11.8 Å². The number of nitrogens with one attached hydrogen (secondary N) is 2. The molecule has 0 fully saturated rings. The molecule has 0 saturated heterocycles. The van der Waals surface area contributed by atoms with Crippen LogP contribution in [-0.2, 0) is 0 Å². The van der Waals surface area contributed by atoms with Crippen molar-refractivity contribution in [2.75, 3.05) is 7.11 Å². The van der Waals surface area contributed by atoms with Gasteiger partial charge in [0.2, 0.25) is 0 Å². The molecule has 1 aromatic carbocycles. The predicted molar refractivity (Wildman–Crippen MR) is 99.8 cm³/mol. The topological polar surface area (TPSA) is 89.6 Å². The number of alkyl halides is 2. The Hall–Kier alpha value is -2.88. The second-order valence-corrected chi connectivity index (χ2v) is 6.65. The maximum Gasteiger partial charge on any atom is 0.290 e. The van der Waals surface area contributed by atoms with E-state index in [4.69, 9.17) is 9.47 Å². The highest BCUT2D eigenvalue weighted by Crippen LogP contribution is 2.29. The van der Waals surface area contributed by atoms with Gasteiger partial charge in [0.1, 0.15) is 5.03 Å². The number of carbonyl (C=O) groups excluding carboxylic acids is 2. The molecule has 0 aliphatic rings. The predicted octanol–water partition coefficient (Wildman–Crippen LogP) is 3.27. The molecule has 2 aromatic rings. The summed E-state index contributed by atoms with van der Waals surface area (Å²) in [5.74, 6) is -3.28. The minimum absolute atomic E-state index is 0.0762. The highest BCUT2D eigenvalue weighted by molar-refractivity contribution is 7.99. The Labute approximate surface area is 164 Å². The molecule has 0 bridgehead atoms. The fourth-order valence-corrected chi connectivity index (χ4v) is 2.73. The first-order chi connectivity index (χ1) is 13.3. The smallest absolute Gasteiger partial charge is 0.290 e. The van der Waals surface area contributed by atoms with Crippen molar-refractivity contribution in [1.82, 2.24) is 15.8 Å². The summed E-state index contributed by atoms with van der Waals surface area (Å²) in [6, 6.07) is 7.31. The lowest BCUT2D eigenvalue weighted by molar-refractivity contribution is 0.0844. The van der Waals surface area contributed by atoms with Crippen molar-refractivity contribution in [2.24, 2.45) is 0 Å². The molecule has 0 atom stereocenters. The molecular weight excluding hydrogens is 392 g/mol. The zero-order valence-electron chi connectivity index (χ0n) is 15.4. The van der Waals surface area contributed by atoms with Crippen LogP contribution in [0.15, 0.2) is 41.6 Å². The molecule has 0 aliphatic carbocycles. The van der Waals surface area contributed by atoms with Gasteiger partial charge >= 0.3 is 0 Å². The first kappa shape index (κ1) is 21.4. The summed E-state index contributed by atoms with van der Waals surface area (Å²) < 4.78 is 35.9. The van der Waals surface area contributed by atoms with Gasteiger partial charge in [-0.05, 0) is 55.9 Å².